The van der Waals surface area contributed by atoms with Crippen molar-refractivity contribution in [1.29, 1.82) is 5.26 Å². The molecule has 5 aromatic carbocycles. The highest BCUT2D eigenvalue weighted by atomic mass is 32.1. The fraction of sp³-hybridized carbons (Fsp3) is 0.0426. The number of anilines is 3. The Hall–Kier alpha value is -7.61. The summed E-state index contributed by atoms with van der Waals surface area (Å²) in [5.41, 5.74) is 9.05. The van der Waals surface area contributed by atoms with Crippen molar-refractivity contribution < 1.29 is 19.4 Å². The number of ether oxygens (including phenoxy) is 2. The third kappa shape index (κ3) is 7.43. The van der Waals surface area contributed by atoms with Gasteiger partial charge in [-0.2, -0.15) is 5.26 Å². The van der Waals surface area contributed by atoms with Gasteiger partial charge in [-0.1, -0.05) is 48.5 Å². The van der Waals surface area contributed by atoms with Gasteiger partial charge in [0.05, 0.1) is 31.3 Å². The number of hydrogen-bond acceptors (Lipinski definition) is 9. The number of para-hydroxylation sites is 2. The van der Waals surface area contributed by atoms with Gasteiger partial charge in [0.1, 0.15) is 34.2 Å². The molecule has 0 radical (unpaired) electrons. The maximum atomic E-state index is 11.6. The second-order valence-corrected chi connectivity index (χ2v) is 13.9. The monoisotopic (exact) mass is 763 g/mol. The van der Waals surface area contributed by atoms with Gasteiger partial charge in [-0.15, -0.1) is 11.3 Å². The molecule has 0 unspecified atom stereocenters. The van der Waals surface area contributed by atoms with Crippen LogP contribution in [0.2, 0.25) is 0 Å². The minimum Gasteiger partial charge on any atom is -0.497 e. The zero-order chi connectivity index (χ0) is 39.3. The molecule has 9 nitrogen and oxygen atoms in total. The Bertz CT molecular complexity index is 2740. The Morgan fingerprint density at radius 1 is 0.649 bits per heavy atom. The molecular formula is C47H33N5O4S. The maximum Gasteiger partial charge on any atom is 0.346 e. The van der Waals surface area contributed by atoms with Crippen molar-refractivity contribution in [3.8, 4) is 61.8 Å². The van der Waals surface area contributed by atoms with Crippen LogP contribution in [0.15, 0.2) is 157 Å². The summed E-state index contributed by atoms with van der Waals surface area (Å²) in [7, 11) is 3.26. The van der Waals surface area contributed by atoms with Crippen LogP contribution >= 0.6 is 11.3 Å². The van der Waals surface area contributed by atoms with Gasteiger partial charge < -0.3 is 19.5 Å². The predicted molar refractivity (Wildman–Crippen MR) is 226 cm³/mol. The smallest absolute Gasteiger partial charge is 0.346 e. The summed E-state index contributed by atoms with van der Waals surface area (Å²) >= 11 is 1.34. The summed E-state index contributed by atoms with van der Waals surface area (Å²) in [6.45, 7) is 0. The highest BCUT2D eigenvalue weighted by Gasteiger charge is 2.22. The molecule has 0 saturated heterocycles. The van der Waals surface area contributed by atoms with Crippen LogP contribution in [0.1, 0.15) is 4.88 Å². The van der Waals surface area contributed by atoms with Crippen molar-refractivity contribution in [2.45, 2.75) is 0 Å². The van der Waals surface area contributed by atoms with E-state index in [0.717, 1.165) is 38.6 Å². The molecule has 0 atom stereocenters. The molecule has 3 aromatic heterocycles. The number of nitriles is 1. The molecule has 0 aliphatic rings. The van der Waals surface area contributed by atoms with Crippen molar-refractivity contribution in [2.75, 3.05) is 19.1 Å². The quantitative estimate of drug-likeness (QED) is 0.101. The number of thiophene rings is 1. The Morgan fingerprint density at radius 2 is 1.14 bits per heavy atom. The highest BCUT2D eigenvalue weighted by molar-refractivity contribution is 7.16. The van der Waals surface area contributed by atoms with Gasteiger partial charge in [-0.3, -0.25) is 4.98 Å². The Balaban J connectivity index is 1.34. The van der Waals surface area contributed by atoms with Crippen LogP contribution in [0.3, 0.4) is 0 Å². The fourth-order valence-corrected chi connectivity index (χ4v) is 7.52. The van der Waals surface area contributed by atoms with Crippen LogP contribution in [0.5, 0.6) is 11.5 Å². The first-order valence-electron chi connectivity index (χ1n) is 17.9. The molecule has 8 aromatic rings. The summed E-state index contributed by atoms with van der Waals surface area (Å²) < 4.78 is 10.9. The lowest BCUT2D eigenvalue weighted by Gasteiger charge is -2.25. The number of pyridine rings is 1. The number of carboxylic acid groups (broad SMARTS) is 1. The number of hydrogen-bond donors (Lipinski definition) is 1. The molecule has 3 heterocycles. The van der Waals surface area contributed by atoms with Crippen molar-refractivity contribution in [3.63, 3.8) is 0 Å². The Morgan fingerprint density at radius 3 is 1.65 bits per heavy atom. The summed E-state index contributed by atoms with van der Waals surface area (Å²) in [5.74, 6) is 0.143. The van der Waals surface area contributed by atoms with E-state index in [1.165, 1.54) is 17.4 Å². The number of methoxy groups -OCH3 is 2. The standard InChI is InChI=1S/C47H33N5O4S/c1-55-37-21-15-31(16-22-37)43-44(32-17-23-38(56-2)24-18-32)51-46-42(49-29-40(45(46)50-43)41-26-25-39(57-41)27-33(28-48)47(53)54)30-13-19-36(20-14-30)52(34-9-5-3-6-10-34)35-11-7-4-8-12-35/h3-27,29H,1-2H3,(H,53,54)/b33-27-. The average molecular weight is 764 g/mol. The molecule has 0 aliphatic carbocycles. The second-order valence-electron chi connectivity index (χ2n) is 12.8. The Kier molecular flexibility index (Phi) is 10.2. The van der Waals surface area contributed by atoms with Crippen LogP contribution in [-0.2, 0) is 4.79 Å². The molecule has 57 heavy (non-hydrogen) atoms. The van der Waals surface area contributed by atoms with Crippen LogP contribution in [0.4, 0.5) is 17.1 Å². The summed E-state index contributed by atoms with van der Waals surface area (Å²) in [5, 5.41) is 18.9. The van der Waals surface area contributed by atoms with Gasteiger partial charge in [-0.05, 0) is 103 Å². The molecular weight excluding hydrogens is 731 g/mol. The minimum absolute atomic E-state index is 0.353. The summed E-state index contributed by atoms with van der Waals surface area (Å²) in [6, 6.07) is 49.5. The van der Waals surface area contributed by atoms with E-state index < -0.39 is 5.97 Å². The van der Waals surface area contributed by atoms with E-state index in [9.17, 15) is 15.2 Å². The van der Waals surface area contributed by atoms with E-state index in [1.807, 2.05) is 103 Å². The lowest BCUT2D eigenvalue weighted by atomic mass is 10.0. The average Bonchev–Trinajstić information content (AvgIpc) is 3.74. The van der Waals surface area contributed by atoms with E-state index in [1.54, 1.807) is 32.6 Å². The van der Waals surface area contributed by atoms with Gasteiger partial charge in [0.2, 0.25) is 0 Å². The Labute approximate surface area is 333 Å². The van der Waals surface area contributed by atoms with Crippen molar-refractivity contribution in [2.24, 2.45) is 0 Å². The number of carbonyl (C=O) groups is 1. The van der Waals surface area contributed by atoms with Crippen molar-refractivity contribution in [1.82, 2.24) is 15.0 Å². The van der Waals surface area contributed by atoms with Crippen molar-refractivity contribution >= 4 is 51.5 Å². The number of carboxylic acids is 1. The van der Waals surface area contributed by atoms with Gasteiger partial charge in [-0.25, -0.2) is 14.8 Å². The molecule has 0 aliphatic heterocycles. The molecule has 8 rings (SSSR count). The van der Waals surface area contributed by atoms with E-state index >= 15 is 0 Å². The molecule has 276 valence electrons. The van der Waals surface area contributed by atoms with E-state index in [4.69, 9.17) is 24.4 Å². The molecule has 0 spiro atoms. The predicted octanol–water partition coefficient (Wildman–Crippen LogP) is 11.2. The third-order valence-electron chi connectivity index (χ3n) is 9.38. The first kappa shape index (κ1) is 36.4. The highest BCUT2D eigenvalue weighted by Crippen LogP contribution is 2.41. The van der Waals surface area contributed by atoms with Crippen molar-refractivity contribution in [3.05, 3.63) is 162 Å². The number of rotatable bonds is 11. The van der Waals surface area contributed by atoms with Gasteiger partial charge >= 0.3 is 5.97 Å². The lowest BCUT2D eigenvalue weighted by molar-refractivity contribution is -0.132. The zero-order valence-electron chi connectivity index (χ0n) is 30.8. The normalized spacial score (nSPS) is 11.2. The third-order valence-corrected chi connectivity index (χ3v) is 10.4. The van der Waals surface area contributed by atoms with E-state index in [0.29, 0.717) is 50.1 Å². The summed E-state index contributed by atoms with van der Waals surface area (Å²) in [4.78, 5) is 31.0. The minimum atomic E-state index is -1.29. The van der Waals surface area contributed by atoms with E-state index in [2.05, 4.69) is 41.3 Å². The van der Waals surface area contributed by atoms with Crippen LogP contribution in [0, 0.1) is 11.3 Å². The molecule has 0 amide bonds. The number of aromatic nitrogens is 3. The SMILES string of the molecule is COc1ccc(-c2nc3c(-c4ccc(/C=C(/C#N)C(=O)O)s4)cnc(-c4ccc(N(c5ccccc5)c5ccccc5)cc4)c3nc2-c2ccc(OC)cc2)cc1. The fourth-order valence-electron chi connectivity index (χ4n) is 6.56. The van der Waals surface area contributed by atoms with Crippen LogP contribution < -0.4 is 14.4 Å². The van der Waals surface area contributed by atoms with Crippen LogP contribution in [-0.4, -0.2) is 40.2 Å². The lowest BCUT2D eigenvalue weighted by Crippen LogP contribution is -2.09. The molecule has 0 bridgehead atoms. The number of aliphatic carboxylic acids is 1. The molecule has 10 heteroatoms. The van der Waals surface area contributed by atoms with Gasteiger partial charge in [0.15, 0.2) is 0 Å². The van der Waals surface area contributed by atoms with E-state index in [-0.39, 0.29) is 5.57 Å². The maximum absolute atomic E-state index is 11.6. The first-order valence-corrected chi connectivity index (χ1v) is 18.7. The molecule has 1 N–H and O–H groups in total. The van der Waals surface area contributed by atoms with Gasteiger partial charge in [0, 0.05) is 55.3 Å². The summed E-state index contributed by atoms with van der Waals surface area (Å²) in [6.07, 6.45) is 3.15. The number of nitrogens with zero attached hydrogens (tertiary/aromatic N) is 5. The topological polar surface area (TPSA) is 121 Å². The first-order chi connectivity index (χ1) is 27.9. The largest absolute Gasteiger partial charge is 0.497 e. The molecule has 0 fully saturated rings. The zero-order valence-corrected chi connectivity index (χ0v) is 31.6. The number of benzene rings is 5. The second kappa shape index (κ2) is 16.0. The number of fused-ring (bicyclic) bond motifs is 1. The van der Waals surface area contributed by atoms with Gasteiger partial charge in [0.25, 0.3) is 0 Å². The molecule has 0 saturated carbocycles. The van der Waals surface area contributed by atoms with Crippen LogP contribution in [0.25, 0.3) is 61.3 Å².